The minimum Gasteiger partial charge on any atom is -0.294 e. The van der Waals surface area contributed by atoms with E-state index < -0.39 is 0 Å². The summed E-state index contributed by atoms with van der Waals surface area (Å²) in [7, 11) is 0. The molecule has 2 aromatic heterocycles. The molecule has 3 heterocycles. The van der Waals surface area contributed by atoms with Crippen molar-refractivity contribution in [3.63, 3.8) is 0 Å². The Hall–Kier alpha value is -7.37. The van der Waals surface area contributed by atoms with Crippen LogP contribution in [0.1, 0.15) is 34.7 Å². The van der Waals surface area contributed by atoms with Crippen molar-refractivity contribution in [3.8, 4) is 22.5 Å². The number of aliphatic imine (C=N–C) groups is 1. The number of amidine groups is 1. The number of fused-ring (bicyclic) bond motifs is 7. The molecule has 0 spiro atoms. The van der Waals surface area contributed by atoms with Crippen LogP contribution in [0, 0.1) is 6.92 Å². The number of hydrogen-bond donors (Lipinski definition) is 0. The quantitative estimate of drug-likeness (QED) is 0.172. The highest BCUT2D eigenvalue weighted by atomic mass is 15.2. The summed E-state index contributed by atoms with van der Waals surface area (Å²) in [4.78, 5) is 18.1. The van der Waals surface area contributed by atoms with Crippen LogP contribution in [-0.4, -0.2) is 20.2 Å². The van der Waals surface area contributed by atoms with Crippen molar-refractivity contribution >= 4 is 73.4 Å². The second kappa shape index (κ2) is 13.2. The maximum atomic E-state index is 5.34. The Kier molecular flexibility index (Phi) is 7.82. The first-order chi connectivity index (χ1) is 27.5. The fraction of sp³-hybridized carbons (Fsp3) is 0.0392. The summed E-state index contributed by atoms with van der Waals surface area (Å²) in [5.74, 6) is 1.70. The van der Waals surface area contributed by atoms with Crippen LogP contribution in [0.3, 0.4) is 0 Å². The van der Waals surface area contributed by atoms with Crippen LogP contribution in [0.15, 0.2) is 170 Å². The fourth-order valence-electron chi connectivity index (χ4n) is 8.05. The summed E-state index contributed by atoms with van der Waals surface area (Å²) in [6.07, 6.45) is 6.05. The molecule has 1 aliphatic rings. The average molecular weight is 720 g/mol. The highest BCUT2D eigenvalue weighted by molar-refractivity contribution is 6.22. The Morgan fingerprint density at radius 2 is 1.38 bits per heavy atom. The van der Waals surface area contributed by atoms with Crippen molar-refractivity contribution in [2.24, 2.45) is 4.99 Å². The summed E-state index contributed by atoms with van der Waals surface area (Å²) in [5, 5.41) is 3.35. The van der Waals surface area contributed by atoms with Crippen LogP contribution < -0.4 is 4.90 Å². The topological polar surface area (TPSA) is 45.8 Å². The number of rotatable bonds is 6. The average Bonchev–Trinajstić information content (AvgIpc) is 3.64. The summed E-state index contributed by atoms with van der Waals surface area (Å²) >= 11 is 0. The van der Waals surface area contributed by atoms with Crippen molar-refractivity contribution in [1.82, 2.24) is 14.4 Å². The van der Waals surface area contributed by atoms with E-state index in [9.17, 15) is 0 Å². The molecule has 0 atom stereocenters. The fourth-order valence-corrected chi connectivity index (χ4v) is 8.05. The van der Waals surface area contributed by atoms with Crippen molar-refractivity contribution < 1.29 is 0 Å². The lowest BCUT2D eigenvalue weighted by molar-refractivity contribution is 1.16. The summed E-state index contributed by atoms with van der Waals surface area (Å²) in [6.45, 7) is 12.9. The number of aryl methyl sites for hydroxylation is 1. The molecule has 5 nitrogen and oxygen atoms in total. The third-order valence-corrected chi connectivity index (χ3v) is 10.9. The number of imidazole rings is 1. The van der Waals surface area contributed by atoms with E-state index in [4.69, 9.17) is 21.5 Å². The molecule has 9 aromatic rings. The van der Waals surface area contributed by atoms with Crippen molar-refractivity contribution in [2.75, 3.05) is 4.90 Å². The first-order valence-electron chi connectivity index (χ1n) is 18.9. The molecular weight excluding hydrogens is 683 g/mol. The van der Waals surface area contributed by atoms with Gasteiger partial charge in [0.05, 0.1) is 27.9 Å². The zero-order valence-corrected chi connectivity index (χ0v) is 31.2. The van der Waals surface area contributed by atoms with E-state index in [0.29, 0.717) is 0 Å². The highest BCUT2D eigenvalue weighted by Gasteiger charge is 2.28. The molecule has 0 unspecified atom stereocenters. The van der Waals surface area contributed by atoms with E-state index in [2.05, 4.69) is 174 Å². The van der Waals surface area contributed by atoms with Crippen LogP contribution in [0.5, 0.6) is 0 Å². The first kappa shape index (κ1) is 33.2. The maximum absolute atomic E-state index is 5.34. The number of allylic oxidation sites excluding steroid dienone is 1. The van der Waals surface area contributed by atoms with Crippen LogP contribution in [0.25, 0.3) is 78.7 Å². The normalized spacial score (nSPS) is 12.9. The van der Waals surface area contributed by atoms with Gasteiger partial charge in [-0.3, -0.25) is 9.30 Å². The Labute approximate surface area is 325 Å². The monoisotopic (exact) mass is 719 g/mol. The minimum absolute atomic E-state index is 0.844. The zero-order chi connectivity index (χ0) is 37.9. The molecule has 0 saturated carbocycles. The van der Waals surface area contributed by atoms with E-state index in [-0.39, 0.29) is 0 Å². The van der Waals surface area contributed by atoms with Gasteiger partial charge >= 0.3 is 0 Å². The van der Waals surface area contributed by atoms with E-state index in [1.54, 1.807) is 0 Å². The van der Waals surface area contributed by atoms with Gasteiger partial charge in [-0.2, -0.15) is 0 Å². The van der Waals surface area contributed by atoms with E-state index in [1.165, 1.54) is 10.8 Å². The lowest BCUT2D eigenvalue weighted by Crippen LogP contribution is -2.32. The number of hydrogen-bond acceptors (Lipinski definition) is 4. The molecular formula is C51H37N5. The molecule has 56 heavy (non-hydrogen) atoms. The molecule has 0 N–H and O–H groups in total. The van der Waals surface area contributed by atoms with Crippen LogP contribution >= 0.6 is 0 Å². The summed E-state index contributed by atoms with van der Waals surface area (Å²) < 4.78 is 2.20. The maximum Gasteiger partial charge on any atom is 0.149 e. The Balaban J connectivity index is 1.13. The molecule has 266 valence electrons. The van der Waals surface area contributed by atoms with E-state index >= 15 is 0 Å². The summed E-state index contributed by atoms with van der Waals surface area (Å²) in [5.41, 5.74) is 15.0. The second-order valence-electron chi connectivity index (χ2n) is 14.3. The number of benzene rings is 7. The van der Waals surface area contributed by atoms with E-state index in [1.807, 2.05) is 19.1 Å². The SMILES string of the molecule is C=Cc1ccc(-c2nc3ccc(-c4ccc5c(c4)C(=C)N(c4ccccc4C)C(c4ccc6ccccc6c4)=N5)cc3c3nc4ccccc4n23)cc1/C=C\C. The predicted octanol–water partition coefficient (Wildman–Crippen LogP) is 13.1. The van der Waals surface area contributed by atoms with Gasteiger partial charge in [0.1, 0.15) is 17.3 Å². The van der Waals surface area contributed by atoms with Gasteiger partial charge in [-0.1, -0.05) is 122 Å². The number of anilines is 1. The van der Waals surface area contributed by atoms with Crippen molar-refractivity contribution in [2.45, 2.75) is 13.8 Å². The minimum atomic E-state index is 0.844. The Bertz CT molecular complexity index is 3160. The standard InChI is InChI=1S/C51H37N5/c1-5-13-36-28-41(22-20-34(36)6-2)50-53-45-27-25-39(31-43(45)51-54-46-17-10-12-19-48(46)56(50)51)38-24-26-44-42(30-38)33(4)55(47-18-11-7-14-32(47)3)49(52-44)40-23-21-35-15-8-9-16-37(35)29-40/h5-31H,2,4H2,1,3H3/b13-5-. The van der Waals surface area contributed by atoms with Gasteiger partial charge < -0.3 is 0 Å². The molecule has 0 fully saturated rings. The molecule has 1 aliphatic heterocycles. The van der Waals surface area contributed by atoms with Gasteiger partial charge in [0, 0.05) is 27.8 Å². The lowest BCUT2D eigenvalue weighted by atomic mass is 9.96. The lowest BCUT2D eigenvalue weighted by Gasteiger charge is -2.34. The third kappa shape index (κ3) is 5.36. The molecule has 5 heteroatoms. The summed E-state index contributed by atoms with van der Waals surface area (Å²) in [6, 6.07) is 51.1. The molecule has 0 saturated heterocycles. The van der Waals surface area contributed by atoms with Crippen LogP contribution in [-0.2, 0) is 0 Å². The van der Waals surface area contributed by atoms with Gasteiger partial charge in [-0.25, -0.2) is 15.0 Å². The van der Waals surface area contributed by atoms with Gasteiger partial charge in [-0.15, -0.1) is 0 Å². The van der Waals surface area contributed by atoms with Crippen molar-refractivity contribution in [3.05, 3.63) is 193 Å². The molecule has 0 aliphatic carbocycles. The molecule has 0 bridgehead atoms. The Morgan fingerprint density at radius 1 is 0.625 bits per heavy atom. The van der Waals surface area contributed by atoms with Gasteiger partial charge in [0.25, 0.3) is 0 Å². The highest BCUT2D eigenvalue weighted by Crippen LogP contribution is 2.42. The van der Waals surface area contributed by atoms with Gasteiger partial charge in [0.15, 0.2) is 0 Å². The van der Waals surface area contributed by atoms with Gasteiger partial charge in [0.2, 0.25) is 0 Å². The Morgan fingerprint density at radius 3 is 2.23 bits per heavy atom. The van der Waals surface area contributed by atoms with Crippen LogP contribution in [0.2, 0.25) is 0 Å². The third-order valence-electron chi connectivity index (χ3n) is 10.9. The molecule has 7 aromatic carbocycles. The first-order valence-corrected chi connectivity index (χ1v) is 18.9. The zero-order valence-electron chi connectivity index (χ0n) is 31.2. The molecule has 0 radical (unpaired) electrons. The molecule has 0 amide bonds. The second-order valence-corrected chi connectivity index (χ2v) is 14.3. The van der Waals surface area contributed by atoms with Crippen LogP contribution in [0.4, 0.5) is 11.4 Å². The van der Waals surface area contributed by atoms with Gasteiger partial charge in [-0.05, 0) is 107 Å². The number of para-hydroxylation sites is 3. The molecule has 10 rings (SSSR count). The largest absolute Gasteiger partial charge is 0.294 e. The predicted molar refractivity (Wildman–Crippen MR) is 237 cm³/mol. The number of nitrogens with zero attached hydrogens (tertiary/aromatic N) is 5. The number of aromatic nitrogens is 3. The smallest absolute Gasteiger partial charge is 0.149 e. The van der Waals surface area contributed by atoms with E-state index in [0.717, 1.165) is 101 Å². The van der Waals surface area contributed by atoms with Crippen molar-refractivity contribution in [1.29, 1.82) is 0 Å².